The summed E-state index contributed by atoms with van der Waals surface area (Å²) >= 11 is 0. The summed E-state index contributed by atoms with van der Waals surface area (Å²) < 4.78 is 0. The molecule has 0 bridgehead atoms. The van der Waals surface area contributed by atoms with Gasteiger partial charge in [0, 0.05) is 25.6 Å². The zero-order chi connectivity index (χ0) is 14.7. The number of nitrogens with two attached hydrogens (primary N) is 1. The molecule has 0 radical (unpaired) electrons. The standard InChI is InChI=1S/C17H26N2O/c1-12-7-8-15(13(2)9-12)11-19(3)17(20)14-5-4-6-16(18)10-14/h7-9,14,16H,4-6,10-11,18H2,1-3H3. The highest BCUT2D eigenvalue weighted by molar-refractivity contribution is 5.78. The van der Waals surface area contributed by atoms with E-state index in [1.165, 1.54) is 16.7 Å². The van der Waals surface area contributed by atoms with Crippen molar-refractivity contribution in [2.75, 3.05) is 7.05 Å². The average molecular weight is 274 g/mol. The van der Waals surface area contributed by atoms with Gasteiger partial charge in [0.1, 0.15) is 0 Å². The van der Waals surface area contributed by atoms with Crippen molar-refractivity contribution >= 4 is 5.91 Å². The number of rotatable bonds is 3. The number of hydrogen-bond acceptors (Lipinski definition) is 2. The van der Waals surface area contributed by atoms with Crippen molar-refractivity contribution in [2.24, 2.45) is 11.7 Å². The van der Waals surface area contributed by atoms with Crippen molar-refractivity contribution in [1.29, 1.82) is 0 Å². The lowest BCUT2D eigenvalue weighted by molar-refractivity contribution is -0.135. The largest absolute Gasteiger partial charge is 0.341 e. The highest BCUT2D eigenvalue weighted by Crippen LogP contribution is 2.25. The molecule has 1 amide bonds. The molecule has 0 spiro atoms. The number of carbonyl (C=O) groups is 1. The zero-order valence-corrected chi connectivity index (χ0v) is 12.9. The van der Waals surface area contributed by atoms with Crippen molar-refractivity contribution in [3.8, 4) is 0 Å². The van der Waals surface area contributed by atoms with Gasteiger partial charge in [-0.1, -0.05) is 30.2 Å². The van der Waals surface area contributed by atoms with Gasteiger partial charge < -0.3 is 10.6 Å². The Balaban J connectivity index is 2.00. The minimum atomic E-state index is 0.120. The molecule has 2 N–H and O–H groups in total. The summed E-state index contributed by atoms with van der Waals surface area (Å²) in [6.45, 7) is 4.89. The van der Waals surface area contributed by atoms with Gasteiger partial charge >= 0.3 is 0 Å². The van der Waals surface area contributed by atoms with Crippen molar-refractivity contribution < 1.29 is 4.79 Å². The van der Waals surface area contributed by atoms with E-state index in [1.54, 1.807) is 0 Å². The maximum Gasteiger partial charge on any atom is 0.225 e. The van der Waals surface area contributed by atoms with Gasteiger partial charge in [-0.05, 0) is 44.2 Å². The lowest BCUT2D eigenvalue weighted by atomic mass is 9.85. The molecule has 1 aromatic rings. The quantitative estimate of drug-likeness (QED) is 0.921. The Kier molecular flexibility index (Phi) is 4.81. The molecule has 0 saturated heterocycles. The second kappa shape index (κ2) is 6.40. The number of nitrogens with zero attached hydrogens (tertiary/aromatic N) is 1. The van der Waals surface area contributed by atoms with Crippen LogP contribution in [0.2, 0.25) is 0 Å². The first-order valence-corrected chi connectivity index (χ1v) is 7.54. The van der Waals surface area contributed by atoms with Crippen molar-refractivity contribution in [3.63, 3.8) is 0 Å². The topological polar surface area (TPSA) is 46.3 Å². The van der Waals surface area contributed by atoms with Crippen LogP contribution < -0.4 is 5.73 Å². The van der Waals surface area contributed by atoms with Gasteiger partial charge in [0.15, 0.2) is 0 Å². The Hall–Kier alpha value is -1.35. The van der Waals surface area contributed by atoms with Crippen LogP contribution in [0.25, 0.3) is 0 Å². The summed E-state index contributed by atoms with van der Waals surface area (Å²) in [5.41, 5.74) is 9.73. The van der Waals surface area contributed by atoms with Gasteiger partial charge in [-0.25, -0.2) is 0 Å². The molecule has 3 heteroatoms. The second-order valence-electron chi connectivity index (χ2n) is 6.25. The third-order valence-corrected chi connectivity index (χ3v) is 4.35. The molecule has 1 aromatic carbocycles. The predicted octanol–water partition coefficient (Wildman–Crippen LogP) is 2.78. The molecular formula is C17H26N2O. The molecular weight excluding hydrogens is 248 g/mol. The third-order valence-electron chi connectivity index (χ3n) is 4.35. The van der Waals surface area contributed by atoms with Crippen LogP contribution in [0.5, 0.6) is 0 Å². The molecule has 110 valence electrons. The number of amides is 1. The molecule has 2 atom stereocenters. The van der Waals surface area contributed by atoms with Crippen LogP contribution in [-0.2, 0) is 11.3 Å². The smallest absolute Gasteiger partial charge is 0.225 e. The van der Waals surface area contributed by atoms with E-state index in [0.717, 1.165) is 25.7 Å². The highest BCUT2D eigenvalue weighted by atomic mass is 16.2. The highest BCUT2D eigenvalue weighted by Gasteiger charge is 2.27. The molecule has 2 unspecified atom stereocenters. The number of aryl methyl sites for hydroxylation is 2. The van der Waals surface area contributed by atoms with Crippen molar-refractivity contribution in [3.05, 3.63) is 34.9 Å². The summed E-state index contributed by atoms with van der Waals surface area (Å²) in [5.74, 6) is 0.370. The van der Waals surface area contributed by atoms with E-state index >= 15 is 0 Å². The summed E-state index contributed by atoms with van der Waals surface area (Å²) in [4.78, 5) is 14.4. The fourth-order valence-corrected chi connectivity index (χ4v) is 3.12. The SMILES string of the molecule is Cc1ccc(CN(C)C(=O)C2CCCC(N)C2)c(C)c1. The fourth-order valence-electron chi connectivity index (χ4n) is 3.12. The summed E-state index contributed by atoms with van der Waals surface area (Å²) in [7, 11) is 1.90. The van der Waals surface area contributed by atoms with Crippen LogP contribution in [0.15, 0.2) is 18.2 Å². The van der Waals surface area contributed by atoms with Gasteiger partial charge in [0.25, 0.3) is 0 Å². The lowest BCUT2D eigenvalue weighted by Gasteiger charge is -2.29. The monoisotopic (exact) mass is 274 g/mol. The molecule has 0 aromatic heterocycles. The predicted molar refractivity (Wildman–Crippen MR) is 82.3 cm³/mol. The van der Waals surface area contributed by atoms with Crippen LogP contribution in [0, 0.1) is 19.8 Å². The number of hydrogen-bond donors (Lipinski definition) is 1. The van der Waals surface area contributed by atoms with Crippen LogP contribution in [0.1, 0.15) is 42.4 Å². The van der Waals surface area contributed by atoms with E-state index in [4.69, 9.17) is 5.73 Å². The number of benzene rings is 1. The third kappa shape index (κ3) is 3.60. The number of carbonyl (C=O) groups excluding carboxylic acids is 1. The normalized spacial score (nSPS) is 22.6. The van der Waals surface area contributed by atoms with Crippen LogP contribution in [0.3, 0.4) is 0 Å². The maximum absolute atomic E-state index is 12.5. The Labute approximate surface area is 122 Å². The fraction of sp³-hybridized carbons (Fsp3) is 0.588. The molecule has 1 saturated carbocycles. The van der Waals surface area contributed by atoms with Gasteiger partial charge in [-0.15, -0.1) is 0 Å². The first-order chi connectivity index (χ1) is 9.47. The Bertz CT molecular complexity index is 484. The molecule has 1 fully saturated rings. The van der Waals surface area contributed by atoms with E-state index in [0.29, 0.717) is 6.54 Å². The van der Waals surface area contributed by atoms with Gasteiger partial charge in [0.2, 0.25) is 5.91 Å². The summed E-state index contributed by atoms with van der Waals surface area (Å²) in [5, 5.41) is 0. The molecule has 20 heavy (non-hydrogen) atoms. The minimum Gasteiger partial charge on any atom is -0.341 e. The van der Waals surface area contributed by atoms with Gasteiger partial charge in [0.05, 0.1) is 0 Å². The first kappa shape index (κ1) is 15.0. The molecule has 3 nitrogen and oxygen atoms in total. The van der Waals surface area contributed by atoms with E-state index in [9.17, 15) is 4.79 Å². The molecule has 1 aliphatic rings. The van der Waals surface area contributed by atoms with E-state index in [2.05, 4.69) is 32.0 Å². The summed E-state index contributed by atoms with van der Waals surface area (Å²) in [6, 6.07) is 6.61. The Morgan fingerprint density at radius 2 is 2.10 bits per heavy atom. The second-order valence-corrected chi connectivity index (χ2v) is 6.25. The average Bonchev–Trinajstić information content (AvgIpc) is 2.41. The molecule has 0 aliphatic heterocycles. The van der Waals surface area contributed by atoms with Crippen molar-refractivity contribution in [1.82, 2.24) is 4.90 Å². The minimum absolute atomic E-state index is 0.120. The van der Waals surface area contributed by atoms with Gasteiger partial charge in [-0.3, -0.25) is 4.79 Å². The Morgan fingerprint density at radius 1 is 1.35 bits per heavy atom. The lowest BCUT2D eigenvalue weighted by Crippen LogP contribution is -2.38. The molecule has 0 heterocycles. The van der Waals surface area contributed by atoms with Gasteiger partial charge in [-0.2, -0.15) is 0 Å². The van der Waals surface area contributed by atoms with Crippen LogP contribution in [-0.4, -0.2) is 23.9 Å². The van der Waals surface area contributed by atoms with Crippen LogP contribution in [0.4, 0.5) is 0 Å². The Morgan fingerprint density at radius 3 is 2.75 bits per heavy atom. The molecule has 2 rings (SSSR count). The van der Waals surface area contributed by atoms with Crippen molar-refractivity contribution in [2.45, 2.75) is 52.1 Å². The maximum atomic E-state index is 12.5. The van der Waals surface area contributed by atoms with E-state index in [-0.39, 0.29) is 17.9 Å². The first-order valence-electron chi connectivity index (χ1n) is 7.54. The molecule has 1 aliphatic carbocycles. The summed E-state index contributed by atoms with van der Waals surface area (Å²) in [6.07, 6.45) is 3.97. The zero-order valence-electron chi connectivity index (χ0n) is 12.9. The van der Waals surface area contributed by atoms with E-state index < -0.39 is 0 Å². The van der Waals surface area contributed by atoms with Crippen LogP contribution >= 0.6 is 0 Å². The van der Waals surface area contributed by atoms with E-state index in [1.807, 2.05) is 11.9 Å².